The number of nitrogens with zero attached hydrogens (tertiary/aromatic N) is 4. The number of aromatic amines is 1. The Morgan fingerprint density at radius 1 is 1.26 bits per heavy atom. The molecule has 142 valence electrons. The first kappa shape index (κ1) is 17.5. The Balaban J connectivity index is 1.81. The Morgan fingerprint density at radius 3 is 2.78 bits per heavy atom. The number of anilines is 1. The highest BCUT2D eigenvalue weighted by molar-refractivity contribution is 5.74. The quantitative estimate of drug-likeness (QED) is 0.702. The zero-order chi connectivity index (χ0) is 19.0. The van der Waals surface area contributed by atoms with Gasteiger partial charge in [-0.3, -0.25) is 14.3 Å². The highest BCUT2D eigenvalue weighted by Crippen LogP contribution is 2.22. The number of piperidine rings is 1. The lowest BCUT2D eigenvalue weighted by Crippen LogP contribution is -2.44. The molecule has 1 fully saturated rings. The van der Waals surface area contributed by atoms with Crippen molar-refractivity contribution in [2.75, 3.05) is 18.0 Å². The van der Waals surface area contributed by atoms with Gasteiger partial charge in [0.2, 0.25) is 5.95 Å². The molecule has 3 aromatic rings. The second kappa shape index (κ2) is 7.03. The van der Waals surface area contributed by atoms with Crippen molar-refractivity contribution in [2.24, 2.45) is 12.8 Å². The van der Waals surface area contributed by atoms with Gasteiger partial charge in [-0.05, 0) is 24.8 Å². The van der Waals surface area contributed by atoms with Crippen molar-refractivity contribution in [1.29, 1.82) is 0 Å². The molecule has 1 aromatic carbocycles. The molecule has 3 heterocycles. The maximum Gasteiger partial charge on any atom is 0.329 e. The van der Waals surface area contributed by atoms with Gasteiger partial charge in [0.05, 0.1) is 0 Å². The number of H-pyrrole nitrogens is 1. The second-order valence-electron chi connectivity index (χ2n) is 7.14. The van der Waals surface area contributed by atoms with E-state index in [1.54, 1.807) is 0 Å². The number of hydrogen-bond donors (Lipinski definition) is 2. The Hall–Kier alpha value is -2.87. The van der Waals surface area contributed by atoms with Crippen LogP contribution in [0, 0.1) is 0 Å². The van der Waals surface area contributed by atoms with Crippen molar-refractivity contribution in [2.45, 2.75) is 31.8 Å². The number of nitrogens with two attached hydrogens (primary N) is 1. The molecule has 0 radical (unpaired) electrons. The van der Waals surface area contributed by atoms with E-state index in [1.807, 2.05) is 22.8 Å². The zero-order valence-electron chi connectivity index (χ0n) is 15.4. The van der Waals surface area contributed by atoms with Gasteiger partial charge < -0.3 is 15.2 Å². The molecular weight excluding hydrogens is 344 g/mol. The number of fused-ring (bicyclic) bond motifs is 1. The summed E-state index contributed by atoms with van der Waals surface area (Å²) in [5.41, 5.74) is 7.31. The summed E-state index contributed by atoms with van der Waals surface area (Å²) in [6.07, 6.45) is 2.73. The van der Waals surface area contributed by atoms with Gasteiger partial charge >= 0.3 is 5.69 Å². The van der Waals surface area contributed by atoms with E-state index in [1.165, 1.54) is 12.6 Å². The molecule has 1 aliphatic rings. The summed E-state index contributed by atoms with van der Waals surface area (Å²) in [5.74, 6) is 0.704. The number of aromatic nitrogens is 4. The normalized spacial score (nSPS) is 17.6. The van der Waals surface area contributed by atoms with E-state index in [9.17, 15) is 9.59 Å². The summed E-state index contributed by atoms with van der Waals surface area (Å²) in [6.45, 7) is 2.13. The average molecular weight is 368 g/mol. The van der Waals surface area contributed by atoms with E-state index >= 15 is 0 Å². The molecule has 0 saturated carbocycles. The molecular formula is C19H24N6O2. The lowest BCUT2D eigenvalue weighted by Gasteiger charge is -2.31. The monoisotopic (exact) mass is 368 g/mol. The van der Waals surface area contributed by atoms with Crippen molar-refractivity contribution in [3.05, 3.63) is 56.7 Å². The summed E-state index contributed by atoms with van der Waals surface area (Å²) >= 11 is 0. The van der Waals surface area contributed by atoms with Crippen LogP contribution in [0.5, 0.6) is 0 Å². The van der Waals surface area contributed by atoms with Crippen LogP contribution < -0.4 is 21.9 Å². The molecule has 0 bridgehead atoms. The summed E-state index contributed by atoms with van der Waals surface area (Å²) in [6, 6.07) is 10.2. The fraction of sp³-hybridized carbons (Fsp3) is 0.421. The minimum Gasteiger partial charge on any atom is -0.341 e. The van der Waals surface area contributed by atoms with E-state index in [2.05, 4.69) is 27.0 Å². The van der Waals surface area contributed by atoms with Crippen LogP contribution in [0.25, 0.3) is 11.2 Å². The third kappa shape index (κ3) is 3.28. The van der Waals surface area contributed by atoms with Gasteiger partial charge in [0.25, 0.3) is 5.56 Å². The van der Waals surface area contributed by atoms with Gasteiger partial charge in [-0.15, -0.1) is 0 Å². The third-order valence-corrected chi connectivity index (χ3v) is 5.19. The van der Waals surface area contributed by atoms with Crippen LogP contribution in [0.4, 0.5) is 5.95 Å². The van der Waals surface area contributed by atoms with Crippen molar-refractivity contribution in [3.63, 3.8) is 0 Å². The predicted octanol–water partition coefficient (Wildman–Crippen LogP) is 0.594. The summed E-state index contributed by atoms with van der Waals surface area (Å²) in [7, 11) is 1.48. The average Bonchev–Trinajstić information content (AvgIpc) is 3.03. The van der Waals surface area contributed by atoms with Gasteiger partial charge in [0.15, 0.2) is 11.2 Å². The number of hydrogen-bond acceptors (Lipinski definition) is 5. The first-order chi connectivity index (χ1) is 13.0. The summed E-state index contributed by atoms with van der Waals surface area (Å²) in [4.78, 5) is 34.2. The van der Waals surface area contributed by atoms with Crippen LogP contribution in [-0.4, -0.2) is 38.2 Å². The fourth-order valence-corrected chi connectivity index (χ4v) is 3.71. The van der Waals surface area contributed by atoms with Crippen LogP contribution in [0.3, 0.4) is 0 Å². The van der Waals surface area contributed by atoms with Gasteiger partial charge in [-0.25, -0.2) is 4.79 Å². The van der Waals surface area contributed by atoms with E-state index < -0.39 is 5.69 Å². The molecule has 2 aromatic heterocycles. The summed E-state index contributed by atoms with van der Waals surface area (Å²) in [5, 5.41) is 0. The van der Waals surface area contributed by atoms with E-state index in [-0.39, 0.29) is 11.6 Å². The maximum absolute atomic E-state index is 12.8. The van der Waals surface area contributed by atoms with Gasteiger partial charge in [-0.1, -0.05) is 30.3 Å². The molecule has 3 N–H and O–H groups in total. The van der Waals surface area contributed by atoms with Crippen LogP contribution in [0.2, 0.25) is 0 Å². The van der Waals surface area contributed by atoms with Crippen molar-refractivity contribution in [1.82, 2.24) is 19.1 Å². The molecule has 27 heavy (non-hydrogen) atoms. The first-order valence-electron chi connectivity index (χ1n) is 9.28. The zero-order valence-corrected chi connectivity index (χ0v) is 15.4. The molecule has 0 spiro atoms. The van der Waals surface area contributed by atoms with E-state index in [0.29, 0.717) is 30.2 Å². The molecule has 1 aliphatic heterocycles. The first-order valence-corrected chi connectivity index (χ1v) is 9.28. The second-order valence-corrected chi connectivity index (χ2v) is 7.14. The highest BCUT2D eigenvalue weighted by Gasteiger charge is 2.24. The summed E-state index contributed by atoms with van der Waals surface area (Å²) < 4.78 is 3.02. The Bertz CT molecular complexity index is 1070. The minimum atomic E-state index is -0.456. The Kier molecular flexibility index (Phi) is 4.57. The molecule has 1 atom stereocenters. The molecule has 4 rings (SSSR count). The molecule has 1 saturated heterocycles. The fourth-order valence-electron chi connectivity index (χ4n) is 3.71. The van der Waals surface area contributed by atoms with Crippen LogP contribution >= 0.6 is 0 Å². The van der Waals surface area contributed by atoms with Crippen molar-refractivity contribution < 1.29 is 0 Å². The minimum absolute atomic E-state index is 0.0861. The van der Waals surface area contributed by atoms with Gasteiger partial charge in [0, 0.05) is 32.7 Å². The largest absolute Gasteiger partial charge is 0.341 e. The van der Waals surface area contributed by atoms with Crippen molar-refractivity contribution >= 4 is 17.1 Å². The molecule has 0 amide bonds. The molecule has 0 aliphatic carbocycles. The number of imidazole rings is 1. The number of benzene rings is 1. The predicted molar refractivity (Wildman–Crippen MR) is 105 cm³/mol. The molecule has 1 unspecified atom stereocenters. The van der Waals surface area contributed by atoms with Gasteiger partial charge in [-0.2, -0.15) is 4.98 Å². The molecule has 8 heteroatoms. The topological polar surface area (TPSA) is 102 Å². The number of nitrogens with one attached hydrogen (secondary N) is 1. The lowest BCUT2D eigenvalue weighted by molar-refractivity contribution is 0.493. The Labute approximate surface area is 156 Å². The standard InChI is InChI=1S/C19H24N6O2/c1-23-17(26)15-16(22-19(23)27)21-18(24-10-5-8-14(20)12-24)25(15)11-9-13-6-3-2-4-7-13/h2-4,6-7,14H,5,8-12,20H2,1H3,(H,22,27). The van der Waals surface area contributed by atoms with E-state index in [0.717, 1.165) is 30.4 Å². The van der Waals surface area contributed by atoms with Crippen LogP contribution in [0.15, 0.2) is 39.9 Å². The maximum atomic E-state index is 12.8. The molecule has 8 nitrogen and oxygen atoms in total. The van der Waals surface area contributed by atoms with Gasteiger partial charge in [0.1, 0.15) is 0 Å². The van der Waals surface area contributed by atoms with Crippen molar-refractivity contribution in [3.8, 4) is 0 Å². The number of rotatable bonds is 4. The van der Waals surface area contributed by atoms with E-state index in [4.69, 9.17) is 5.73 Å². The highest BCUT2D eigenvalue weighted by atomic mass is 16.2. The lowest BCUT2D eigenvalue weighted by atomic mass is 10.1. The van der Waals surface area contributed by atoms with Crippen LogP contribution in [-0.2, 0) is 20.0 Å². The Morgan fingerprint density at radius 2 is 2.04 bits per heavy atom. The SMILES string of the molecule is Cn1c(=O)[nH]c2nc(N3CCCC(N)C3)n(CCc3ccccc3)c2c1=O. The number of aryl methyl sites for hydroxylation is 2. The third-order valence-electron chi connectivity index (χ3n) is 5.19. The van der Waals surface area contributed by atoms with Crippen LogP contribution in [0.1, 0.15) is 18.4 Å². The smallest absolute Gasteiger partial charge is 0.329 e.